The highest BCUT2D eigenvalue weighted by Gasteiger charge is 2.13. The molecule has 0 heterocycles. The van der Waals surface area contributed by atoms with Gasteiger partial charge in [-0.1, -0.05) is 48.5 Å². The number of nitrogens with one attached hydrogen (secondary N) is 2. The van der Waals surface area contributed by atoms with Crippen LogP contribution in [0.5, 0.6) is 5.75 Å². The van der Waals surface area contributed by atoms with Gasteiger partial charge in [0.25, 0.3) is 0 Å². The molecule has 4 aromatic rings. The Morgan fingerprint density at radius 1 is 0.833 bits per heavy atom. The smallest absolute Gasteiger partial charge is 0.329 e. The number of hydrazone groups is 1. The second kappa shape index (κ2) is 8.45. The Kier molecular flexibility index (Phi) is 5.39. The molecule has 6 heteroatoms. The minimum absolute atomic E-state index is 0.486. The van der Waals surface area contributed by atoms with Crippen molar-refractivity contribution in [3.05, 3.63) is 84.4 Å². The Morgan fingerprint density at radius 3 is 2.03 bits per heavy atom. The second-order valence-electron chi connectivity index (χ2n) is 6.61. The highest BCUT2D eigenvalue weighted by Crippen LogP contribution is 2.27. The lowest BCUT2D eigenvalue weighted by molar-refractivity contribution is -0.136. The van der Waals surface area contributed by atoms with Gasteiger partial charge < -0.3 is 10.1 Å². The molecule has 4 aromatic carbocycles. The molecule has 0 aliphatic heterocycles. The van der Waals surface area contributed by atoms with Crippen LogP contribution in [0, 0.1) is 0 Å². The van der Waals surface area contributed by atoms with Gasteiger partial charge in [-0.05, 0) is 51.9 Å². The zero-order valence-corrected chi connectivity index (χ0v) is 16.3. The van der Waals surface area contributed by atoms with Crippen molar-refractivity contribution in [3.8, 4) is 5.75 Å². The Balaban J connectivity index is 1.52. The third-order valence-corrected chi connectivity index (χ3v) is 4.73. The summed E-state index contributed by atoms with van der Waals surface area (Å²) in [5.74, 6) is -1.00. The van der Waals surface area contributed by atoms with Gasteiger partial charge in [0.2, 0.25) is 0 Å². The predicted octanol–water partition coefficient (Wildman–Crippen LogP) is 4.09. The molecular formula is C24H19N3O3. The van der Waals surface area contributed by atoms with Crippen molar-refractivity contribution in [3.63, 3.8) is 0 Å². The van der Waals surface area contributed by atoms with Crippen LogP contribution in [0.25, 0.3) is 21.5 Å². The molecule has 6 nitrogen and oxygen atoms in total. The first-order chi connectivity index (χ1) is 14.7. The van der Waals surface area contributed by atoms with E-state index in [1.807, 2.05) is 48.5 Å². The molecule has 0 saturated heterocycles. The van der Waals surface area contributed by atoms with Crippen molar-refractivity contribution in [2.75, 3.05) is 12.4 Å². The molecule has 0 bridgehead atoms. The van der Waals surface area contributed by atoms with E-state index in [-0.39, 0.29) is 0 Å². The van der Waals surface area contributed by atoms with E-state index in [0.29, 0.717) is 11.4 Å². The third-order valence-electron chi connectivity index (χ3n) is 4.73. The van der Waals surface area contributed by atoms with Gasteiger partial charge in [-0.2, -0.15) is 5.10 Å². The molecule has 0 unspecified atom stereocenters. The van der Waals surface area contributed by atoms with Gasteiger partial charge in [0, 0.05) is 11.3 Å². The van der Waals surface area contributed by atoms with Crippen LogP contribution in [-0.2, 0) is 9.59 Å². The first-order valence-electron chi connectivity index (χ1n) is 9.34. The minimum atomic E-state index is -0.855. The number of amides is 2. The quantitative estimate of drug-likeness (QED) is 0.236. The lowest BCUT2D eigenvalue weighted by Crippen LogP contribution is -2.32. The lowest BCUT2D eigenvalue weighted by Gasteiger charge is -2.08. The maximum atomic E-state index is 12.1. The number of rotatable bonds is 4. The number of carbonyl (C=O) groups excluding carboxylic acids is 2. The van der Waals surface area contributed by atoms with Crippen molar-refractivity contribution in [1.82, 2.24) is 5.43 Å². The summed E-state index contributed by atoms with van der Waals surface area (Å²) in [5, 5.41) is 10.7. The summed E-state index contributed by atoms with van der Waals surface area (Å²) in [6.07, 6.45) is 1.57. The van der Waals surface area contributed by atoms with E-state index in [1.54, 1.807) is 37.6 Å². The number of benzene rings is 4. The molecule has 0 aromatic heterocycles. The van der Waals surface area contributed by atoms with E-state index < -0.39 is 11.8 Å². The largest absolute Gasteiger partial charge is 0.497 e. The molecule has 0 spiro atoms. The van der Waals surface area contributed by atoms with Crippen LogP contribution in [0.1, 0.15) is 5.56 Å². The SMILES string of the molecule is COc1ccc(NC(=O)C(=O)N/N=C\c2c3ccccc3cc3ccccc23)cc1. The van der Waals surface area contributed by atoms with Crippen molar-refractivity contribution in [1.29, 1.82) is 0 Å². The lowest BCUT2D eigenvalue weighted by atomic mass is 9.97. The summed E-state index contributed by atoms with van der Waals surface area (Å²) >= 11 is 0. The number of hydrogen-bond acceptors (Lipinski definition) is 4. The Bertz CT molecular complexity index is 1210. The minimum Gasteiger partial charge on any atom is -0.497 e. The van der Waals surface area contributed by atoms with Crippen molar-refractivity contribution < 1.29 is 14.3 Å². The molecule has 0 aliphatic rings. The van der Waals surface area contributed by atoms with E-state index in [1.165, 1.54) is 0 Å². The van der Waals surface area contributed by atoms with Crippen molar-refractivity contribution >= 4 is 45.3 Å². The molecule has 2 N–H and O–H groups in total. The fraction of sp³-hybridized carbons (Fsp3) is 0.0417. The number of carbonyl (C=O) groups is 2. The van der Waals surface area contributed by atoms with Gasteiger partial charge in [-0.3, -0.25) is 9.59 Å². The van der Waals surface area contributed by atoms with Crippen LogP contribution in [0.4, 0.5) is 5.69 Å². The first kappa shape index (κ1) is 19.1. The summed E-state index contributed by atoms with van der Waals surface area (Å²) in [6, 6.07) is 24.7. The van der Waals surface area contributed by atoms with Gasteiger partial charge in [0.15, 0.2) is 0 Å². The molecule has 0 aliphatic carbocycles. The van der Waals surface area contributed by atoms with E-state index in [2.05, 4.69) is 21.9 Å². The third kappa shape index (κ3) is 3.98. The number of fused-ring (bicyclic) bond motifs is 2. The van der Waals surface area contributed by atoms with Crippen LogP contribution in [0.15, 0.2) is 84.0 Å². The Labute approximate surface area is 173 Å². The fourth-order valence-electron chi connectivity index (χ4n) is 3.26. The number of nitrogens with zero attached hydrogens (tertiary/aromatic N) is 1. The normalized spacial score (nSPS) is 11.0. The Hall–Kier alpha value is -4.19. The summed E-state index contributed by atoms with van der Waals surface area (Å²) in [6.45, 7) is 0. The van der Waals surface area contributed by atoms with Crippen molar-refractivity contribution in [2.24, 2.45) is 5.10 Å². The first-order valence-corrected chi connectivity index (χ1v) is 9.34. The predicted molar refractivity (Wildman–Crippen MR) is 119 cm³/mol. The average molecular weight is 397 g/mol. The van der Waals surface area contributed by atoms with Crippen LogP contribution in [-0.4, -0.2) is 25.1 Å². The number of ether oxygens (including phenoxy) is 1. The number of anilines is 1. The van der Waals surface area contributed by atoms with Crippen molar-refractivity contribution in [2.45, 2.75) is 0 Å². The topological polar surface area (TPSA) is 79.8 Å². The van der Waals surface area contributed by atoms with Gasteiger partial charge >= 0.3 is 11.8 Å². The Morgan fingerprint density at radius 2 is 1.43 bits per heavy atom. The molecular weight excluding hydrogens is 378 g/mol. The van der Waals surface area contributed by atoms with Gasteiger partial charge in [0.1, 0.15) is 5.75 Å². The summed E-state index contributed by atoms with van der Waals surface area (Å²) in [5.41, 5.74) is 3.66. The second-order valence-corrected chi connectivity index (χ2v) is 6.61. The summed E-state index contributed by atoms with van der Waals surface area (Å²) in [7, 11) is 1.55. The van der Waals surface area contributed by atoms with Gasteiger partial charge in [0.05, 0.1) is 13.3 Å². The molecule has 30 heavy (non-hydrogen) atoms. The van der Waals surface area contributed by atoms with Crippen LogP contribution in [0.2, 0.25) is 0 Å². The maximum absolute atomic E-state index is 12.1. The van der Waals surface area contributed by atoms with Crippen LogP contribution < -0.4 is 15.5 Å². The summed E-state index contributed by atoms with van der Waals surface area (Å²) < 4.78 is 5.07. The van der Waals surface area contributed by atoms with Gasteiger partial charge in [-0.25, -0.2) is 5.43 Å². The number of methoxy groups -OCH3 is 1. The van der Waals surface area contributed by atoms with Gasteiger partial charge in [-0.15, -0.1) is 0 Å². The standard InChI is InChI=1S/C24H19N3O3/c1-30-19-12-10-18(11-13-19)26-23(28)24(29)27-25-15-22-20-8-4-2-6-16(20)14-17-7-3-5-9-21(17)22/h2-15H,1H3,(H,26,28)(H,27,29)/b25-15-. The van der Waals surface area contributed by atoms with Crippen LogP contribution >= 0.6 is 0 Å². The number of hydrogen-bond donors (Lipinski definition) is 2. The molecule has 0 atom stereocenters. The molecule has 4 rings (SSSR count). The van der Waals surface area contributed by atoms with Crippen LogP contribution in [0.3, 0.4) is 0 Å². The molecule has 148 valence electrons. The monoisotopic (exact) mass is 397 g/mol. The highest BCUT2D eigenvalue weighted by atomic mass is 16.5. The fourth-order valence-corrected chi connectivity index (χ4v) is 3.26. The summed E-state index contributed by atoms with van der Waals surface area (Å²) in [4.78, 5) is 24.2. The molecule has 2 amide bonds. The van der Waals surface area contributed by atoms with E-state index in [4.69, 9.17) is 4.74 Å². The zero-order chi connectivity index (χ0) is 20.9. The van der Waals surface area contributed by atoms with E-state index in [0.717, 1.165) is 27.1 Å². The molecule has 0 saturated carbocycles. The highest BCUT2D eigenvalue weighted by molar-refractivity contribution is 6.39. The zero-order valence-electron chi connectivity index (χ0n) is 16.3. The van der Waals surface area contributed by atoms with E-state index in [9.17, 15) is 9.59 Å². The molecule has 0 radical (unpaired) electrons. The average Bonchev–Trinajstić information content (AvgIpc) is 2.79. The van der Waals surface area contributed by atoms with E-state index >= 15 is 0 Å². The molecule has 0 fully saturated rings. The maximum Gasteiger partial charge on any atom is 0.329 e.